The molecule has 0 spiro atoms. The number of aromatic nitrogens is 6. The Morgan fingerprint density at radius 3 is 2.56 bits per heavy atom. The third-order valence-electron chi connectivity index (χ3n) is 12.8. The minimum atomic E-state index is -1.09. The van der Waals surface area contributed by atoms with Crippen LogP contribution in [-0.4, -0.2) is 59.8 Å². The van der Waals surface area contributed by atoms with Crippen LogP contribution in [0.2, 0.25) is 0 Å². The number of hydrogen-bond acceptors (Lipinski definition) is 10. The van der Waals surface area contributed by atoms with Gasteiger partial charge in [0.05, 0.1) is 22.0 Å². The highest BCUT2D eigenvalue weighted by Crippen LogP contribution is 2.72. The van der Waals surface area contributed by atoms with Gasteiger partial charge >= 0.3 is 5.97 Å². The van der Waals surface area contributed by atoms with Crippen molar-refractivity contribution in [1.82, 2.24) is 29.9 Å². The molecular formula is C42H49FN8O3S. The molecule has 2 N–H and O–H groups in total. The molecule has 5 aromatic rings. The average Bonchev–Trinajstić information content (AvgIpc) is 3.70. The Kier molecular flexibility index (Phi) is 8.58. The molecule has 2 atom stereocenters. The van der Waals surface area contributed by atoms with Crippen molar-refractivity contribution in [3.8, 4) is 11.1 Å². The number of hydrogen-bond donors (Lipinski definition) is 2. The molecule has 13 heteroatoms. The molecule has 288 valence electrons. The summed E-state index contributed by atoms with van der Waals surface area (Å²) in [5.74, 6) is 0.311. The number of benzene rings is 1. The van der Waals surface area contributed by atoms with Crippen LogP contribution >= 0.6 is 11.3 Å². The highest BCUT2D eigenvalue weighted by Gasteiger charge is 2.66. The summed E-state index contributed by atoms with van der Waals surface area (Å²) in [5, 5.41) is 28.3. The van der Waals surface area contributed by atoms with E-state index in [9.17, 15) is 14.3 Å². The number of carbonyl (C=O) groups is 1. The summed E-state index contributed by atoms with van der Waals surface area (Å²) in [6.45, 7) is 13.4. The number of nitrogens with zero attached hydrogens (tertiary/aromatic N) is 7. The molecule has 55 heavy (non-hydrogen) atoms. The van der Waals surface area contributed by atoms with E-state index in [1.165, 1.54) is 36.7 Å². The summed E-state index contributed by atoms with van der Waals surface area (Å²) in [5.41, 5.74) is 5.28. The number of fused-ring (bicyclic) bond motifs is 2. The van der Waals surface area contributed by atoms with E-state index in [1.807, 2.05) is 30.2 Å². The number of carboxylic acids is 1. The maximum atomic E-state index is 14.3. The molecule has 5 heterocycles. The molecule has 10 rings (SSSR count). The number of anilines is 4. The lowest BCUT2D eigenvalue weighted by Crippen LogP contribution is -2.64. The smallest absolute Gasteiger partial charge is 0.355 e. The first-order valence-electron chi connectivity index (χ1n) is 19.7. The van der Waals surface area contributed by atoms with Gasteiger partial charge in [-0.1, -0.05) is 44.6 Å². The lowest BCUT2D eigenvalue weighted by molar-refractivity contribution is -0.248. The Morgan fingerprint density at radius 1 is 1.02 bits per heavy atom. The first-order valence-corrected chi connectivity index (χ1v) is 20.5. The number of carboxylic acid groups (broad SMARTS) is 1. The number of nitrogens with one attached hydrogen (secondary N) is 1. The molecule has 1 aromatic carbocycles. The standard InChI is InChI=1S/C42H49FN8O3S/c1-6-7-16-54-42-21-39(4)18-40(5,22-42)20-41(19-39,23-42)24-51-26(3)29(17-44-51)28-13-14-32(46-33(28)37(52)53)50-15-9-10-27-25(2)35(48-49-36(27)50)47-38-45-31-12-8-11-30(43)34(31)55-38/h8,11-14,17H,6-7,9-10,15-16,18-24H2,1-5H3,(H,52,53)(H,45,47,48). The van der Waals surface area contributed by atoms with Crippen LogP contribution in [0.1, 0.15) is 106 Å². The Labute approximate surface area is 324 Å². The maximum Gasteiger partial charge on any atom is 0.355 e. The van der Waals surface area contributed by atoms with Gasteiger partial charge in [-0.25, -0.2) is 19.2 Å². The normalized spacial score (nSPS) is 26.8. The van der Waals surface area contributed by atoms with Crippen molar-refractivity contribution in [3.63, 3.8) is 0 Å². The van der Waals surface area contributed by atoms with E-state index in [0.29, 0.717) is 44.9 Å². The summed E-state index contributed by atoms with van der Waals surface area (Å²) in [4.78, 5) is 24.1. The van der Waals surface area contributed by atoms with Crippen LogP contribution < -0.4 is 10.2 Å². The largest absolute Gasteiger partial charge is 0.476 e. The summed E-state index contributed by atoms with van der Waals surface area (Å²) < 4.78 is 23.8. The van der Waals surface area contributed by atoms with Crippen LogP contribution in [0.15, 0.2) is 36.5 Å². The van der Waals surface area contributed by atoms with Crippen LogP contribution in [0.25, 0.3) is 21.3 Å². The Morgan fingerprint density at radius 2 is 1.82 bits per heavy atom. The van der Waals surface area contributed by atoms with Gasteiger partial charge in [-0.2, -0.15) is 5.10 Å². The second kappa shape index (κ2) is 13.0. The molecule has 4 aromatic heterocycles. The number of unbranched alkanes of at least 4 members (excludes halogenated alkanes) is 1. The molecule has 0 saturated heterocycles. The zero-order chi connectivity index (χ0) is 38.3. The molecule has 5 aliphatic rings. The molecule has 4 saturated carbocycles. The van der Waals surface area contributed by atoms with E-state index in [2.05, 4.69) is 52.9 Å². The quantitative estimate of drug-likeness (QED) is 0.125. The number of thiazole rings is 1. The first kappa shape index (κ1) is 36.2. The number of rotatable bonds is 11. The van der Waals surface area contributed by atoms with Gasteiger partial charge in [0.2, 0.25) is 0 Å². The second-order valence-electron chi connectivity index (χ2n) is 17.7. The van der Waals surface area contributed by atoms with Gasteiger partial charge in [-0.05, 0) is 112 Å². The fourth-order valence-corrected chi connectivity index (χ4v) is 12.6. The van der Waals surface area contributed by atoms with Crippen molar-refractivity contribution in [2.24, 2.45) is 16.2 Å². The lowest BCUT2D eigenvalue weighted by atomic mass is 9.39. The minimum Gasteiger partial charge on any atom is -0.476 e. The monoisotopic (exact) mass is 764 g/mol. The second-order valence-corrected chi connectivity index (χ2v) is 18.7. The van der Waals surface area contributed by atoms with E-state index in [4.69, 9.17) is 14.8 Å². The third-order valence-corrected chi connectivity index (χ3v) is 13.8. The van der Waals surface area contributed by atoms with Crippen molar-refractivity contribution in [2.45, 2.75) is 111 Å². The van der Waals surface area contributed by atoms with Crippen molar-refractivity contribution in [1.29, 1.82) is 0 Å². The van der Waals surface area contributed by atoms with Crippen LogP contribution in [-0.2, 0) is 17.7 Å². The van der Waals surface area contributed by atoms with E-state index in [-0.39, 0.29) is 33.4 Å². The van der Waals surface area contributed by atoms with Crippen molar-refractivity contribution in [2.75, 3.05) is 23.4 Å². The molecule has 2 unspecified atom stereocenters. The van der Waals surface area contributed by atoms with E-state index < -0.39 is 5.97 Å². The van der Waals surface area contributed by atoms with Crippen LogP contribution in [0.4, 0.5) is 27.0 Å². The SMILES string of the molecule is CCCCOC12CC3(C)CC(C)(CC(Cn4ncc(-c5ccc(N6CCCc7c6nnc(Nc6nc8cccc(F)c8s6)c7C)nc5C(=O)O)c4C)(C3)C1)C2. The predicted molar refractivity (Wildman–Crippen MR) is 212 cm³/mol. The summed E-state index contributed by atoms with van der Waals surface area (Å²) >= 11 is 1.23. The van der Waals surface area contributed by atoms with Gasteiger partial charge in [0, 0.05) is 47.6 Å². The van der Waals surface area contributed by atoms with Gasteiger partial charge in [0.15, 0.2) is 22.5 Å². The first-order chi connectivity index (χ1) is 26.3. The Balaban J connectivity index is 0.990. The van der Waals surface area contributed by atoms with E-state index in [1.54, 1.807) is 12.1 Å². The van der Waals surface area contributed by atoms with Gasteiger partial charge in [-0.15, -0.1) is 10.2 Å². The van der Waals surface area contributed by atoms with E-state index in [0.717, 1.165) is 80.5 Å². The highest BCUT2D eigenvalue weighted by atomic mass is 32.1. The van der Waals surface area contributed by atoms with Gasteiger partial charge in [-0.3, -0.25) is 4.68 Å². The van der Waals surface area contributed by atoms with Crippen molar-refractivity contribution >= 4 is 50.1 Å². The van der Waals surface area contributed by atoms with Crippen LogP contribution in [0.5, 0.6) is 0 Å². The average molecular weight is 765 g/mol. The molecule has 11 nitrogen and oxygen atoms in total. The summed E-state index contributed by atoms with van der Waals surface area (Å²) in [6, 6.07) is 8.60. The molecule has 0 radical (unpaired) electrons. The van der Waals surface area contributed by atoms with Crippen LogP contribution in [0.3, 0.4) is 0 Å². The molecule has 4 aliphatic carbocycles. The number of halogens is 1. The lowest BCUT2D eigenvalue weighted by Gasteiger charge is -2.69. The number of ether oxygens (including phenoxy) is 1. The maximum absolute atomic E-state index is 14.3. The third kappa shape index (κ3) is 6.27. The van der Waals surface area contributed by atoms with Gasteiger partial charge in [0.1, 0.15) is 11.6 Å². The summed E-state index contributed by atoms with van der Waals surface area (Å²) in [6.07, 6.45) is 12.6. The van der Waals surface area contributed by atoms with Crippen molar-refractivity contribution in [3.05, 3.63) is 64.9 Å². The van der Waals surface area contributed by atoms with Gasteiger partial charge < -0.3 is 20.1 Å². The fraction of sp³-hybridized carbons (Fsp3) is 0.524. The predicted octanol–water partition coefficient (Wildman–Crippen LogP) is 9.56. The van der Waals surface area contributed by atoms with Crippen LogP contribution in [0, 0.1) is 35.9 Å². The molecule has 0 amide bonds. The zero-order valence-electron chi connectivity index (χ0n) is 32.3. The molecule has 4 fully saturated rings. The topological polar surface area (TPSA) is 131 Å². The summed E-state index contributed by atoms with van der Waals surface area (Å²) in [7, 11) is 0. The molecule has 1 aliphatic heterocycles. The Hall–Kier alpha value is -4.49. The Bertz CT molecular complexity index is 2320. The minimum absolute atomic E-state index is 0.0172. The highest BCUT2D eigenvalue weighted by molar-refractivity contribution is 7.22. The van der Waals surface area contributed by atoms with E-state index >= 15 is 0 Å². The molecular weight excluding hydrogens is 716 g/mol. The fourth-order valence-electron chi connectivity index (χ4n) is 11.7. The molecule has 4 bridgehead atoms. The van der Waals surface area contributed by atoms with Crippen molar-refractivity contribution < 1.29 is 19.0 Å². The zero-order valence-corrected chi connectivity index (χ0v) is 33.2. The number of pyridine rings is 1. The number of aromatic carboxylic acids is 1. The van der Waals surface area contributed by atoms with Gasteiger partial charge in [0.25, 0.3) is 0 Å².